The number of fused-ring (bicyclic) bond motifs is 1. The molecule has 3 aromatic heterocycles. The van der Waals surface area contributed by atoms with Gasteiger partial charge in [-0.2, -0.15) is 5.10 Å². The van der Waals surface area contributed by atoms with Crippen molar-refractivity contribution in [1.29, 1.82) is 0 Å². The van der Waals surface area contributed by atoms with Crippen molar-refractivity contribution in [3.63, 3.8) is 0 Å². The quantitative estimate of drug-likeness (QED) is 0.486. The number of nitrogens with zero attached hydrogens (tertiary/aromatic N) is 7. The Bertz CT molecular complexity index is 967. The average molecular weight is 396 g/mol. The molecule has 0 bridgehead atoms. The second kappa shape index (κ2) is 7.24. The minimum absolute atomic E-state index is 0.653. The zero-order valence-corrected chi connectivity index (χ0v) is 17.2. The van der Waals surface area contributed by atoms with E-state index >= 15 is 0 Å². The molecule has 0 spiro atoms. The van der Waals surface area contributed by atoms with Crippen molar-refractivity contribution in [2.45, 2.75) is 37.3 Å². The Labute approximate surface area is 169 Å². The first kappa shape index (κ1) is 17.7. The molecule has 3 aromatic rings. The standard InChI is InChI=1S/C20H25N7S/c1-3-15-12-18(23-20(22-15)28-2)25-8-10-26(11-9-25)19-17-13-16(14-4-5-14)24-27(17)7-6-21-19/h6-7,12-14H,3-5,8-11H2,1-2H3. The molecule has 1 saturated carbocycles. The van der Waals surface area contributed by atoms with Crippen LogP contribution in [0.5, 0.6) is 0 Å². The molecule has 1 saturated heterocycles. The summed E-state index contributed by atoms with van der Waals surface area (Å²) in [5, 5.41) is 5.61. The van der Waals surface area contributed by atoms with Gasteiger partial charge in [0.15, 0.2) is 11.0 Å². The normalized spacial score (nSPS) is 17.5. The predicted molar refractivity (Wildman–Crippen MR) is 113 cm³/mol. The third-order valence-electron chi connectivity index (χ3n) is 5.58. The molecule has 0 aromatic carbocycles. The minimum atomic E-state index is 0.653. The maximum atomic E-state index is 4.75. The highest BCUT2D eigenvalue weighted by atomic mass is 32.2. The van der Waals surface area contributed by atoms with Gasteiger partial charge in [-0.15, -0.1) is 0 Å². The van der Waals surface area contributed by atoms with Crippen LogP contribution in [-0.4, -0.2) is 57.0 Å². The van der Waals surface area contributed by atoms with Crippen molar-refractivity contribution >= 4 is 28.9 Å². The Morgan fingerprint density at radius 3 is 2.57 bits per heavy atom. The molecule has 0 unspecified atom stereocenters. The van der Waals surface area contributed by atoms with Crippen LogP contribution in [0.3, 0.4) is 0 Å². The van der Waals surface area contributed by atoms with Crippen LogP contribution in [0, 0.1) is 0 Å². The molecule has 2 fully saturated rings. The molecule has 1 aliphatic carbocycles. The highest BCUT2D eigenvalue weighted by Crippen LogP contribution is 2.40. The summed E-state index contributed by atoms with van der Waals surface area (Å²) in [6.45, 7) is 5.86. The van der Waals surface area contributed by atoms with Crippen LogP contribution < -0.4 is 9.80 Å². The smallest absolute Gasteiger partial charge is 0.189 e. The first-order valence-electron chi connectivity index (χ1n) is 10.0. The summed E-state index contributed by atoms with van der Waals surface area (Å²) in [4.78, 5) is 18.7. The van der Waals surface area contributed by atoms with Crippen LogP contribution in [0.4, 0.5) is 11.6 Å². The maximum absolute atomic E-state index is 4.75. The number of aromatic nitrogens is 5. The molecule has 146 valence electrons. The second-order valence-electron chi connectivity index (χ2n) is 7.46. The van der Waals surface area contributed by atoms with Crippen molar-refractivity contribution in [3.8, 4) is 0 Å². The Morgan fingerprint density at radius 2 is 1.86 bits per heavy atom. The molecule has 0 radical (unpaired) electrons. The molecule has 0 atom stereocenters. The first-order chi connectivity index (χ1) is 13.7. The van der Waals surface area contributed by atoms with Gasteiger partial charge >= 0.3 is 0 Å². The SMILES string of the molecule is CCc1cc(N2CCN(c3nccn4nc(C5CC5)cc34)CC2)nc(SC)n1. The highest BCUT2D eigenvalue weighted by molar-refractivity contribution is 7.98. The van der Waals surface area contributed by atoms with Crippen LogP contribution in [0.15, 0.2) is 29.7 Å². The molecular formula is C20H25N7S. The zero-order valence-electron chi connectivity index (χ0n) is 16.4. The Hall–Kier alpha value is -2.35. The van der Waals surface area contributed by atoms with Crippen molar-refractivity contribution < 1.29 is 0 Å². The van der Waals surface area contributed by atoms with E-state index in [-0.39, 0.29) is 0 Å². The Balaban J connectivity index is 1.36. The lowest BCUT2D eigenvalue weighted by Crippen LogP contribution is -2.47. The van der Waals surface area contributed by atoms with E-state index in [0.29, 0.717) is 5.92 Å². The summed E-state index contributed by atoms with van der Waals surface area (Å²) in [6.07, 6.45) is 9.31. The van der Waals surface area contributed by atoms with Crippen LogP contribution in [0.25, 0.3) is 5.52 Å². The van der Waals surface area contributed by atoms with Gasteiger partial charge in [0.25, 0.3) is 0 Å². The lowest BCUT2D eigenvalue weighted by atomic mass is 10.2. The van der Waals surface area contributed by atoms with Crippen molar-refractivity contribution in [2.24, 2.45) is 0 Å². The summed E-state index contributed by atoms with van der Waals surface area (Å²) >= 11 is 1.61. The van der Waals surface area contributed by atoms with Gasteiger partial charge in [0.2, 0.25) is 0 Å². The van der Waals surface area contributed by atoms with E-state index in [0.717, 1.165) is 60.6 Å². The van der Waals surface area contributed by atoms with Gasteiger partial charge in [-0.05, 0) is 31.6 Å². The predicted octanol–water partition coefficient (Wildman–Crippen LogP) is 3.01. The average Bonchev–Trinajstić information content (AvgIpc) is 3.51. The molecule has 0 amide bonds. The number of anilines is 2. The van der Waals surface area contributed by atoms with Crippen molar-refractivity contribution in [3.05, 3.63) is 35.9 Å². The molecule has 2 aliphatic rings. The molecule has 7 nitrogen and oxygen atoms in total. The molecule has 5 rings (SSSR count). The zero-order chi connectivity index (χ0) is 19.1. The molecule has 1 aliphatic heterocycles. The van der Waals surface area contributed by atoms with Gasteiger partial charge in [0.05, 0.1) is 5.69 Å². The second-order valence-corrected chi connectivity index (χ2v) is 8.23. The van der Waals surface area contributed by atoms with Crippen LogP contribution >= 0.6 is 11.8 Å². The lowest BCUT2D eigenvalue weighted by molar-refractivity contribution is 0.636. The highest BCUT2D eigenvalue weighted by Gasteiger charge is 2.28. The molecule has 8 heteroatoms. The largest absolute Gasteiger partial charge is 0.353 e. The monoisotopic (exact) mass is 395 g/mol. The molecule has 28 heavy (non-hydrogen) atoms. The van der Waals surface area contributed by atoms with Crippen molar-refractivity contribution in [1.82, 2.24) is 24.6 Å². The topological polar surface area (TPSA) is 62.5 Å². The van der Waals surface area contributed by atoms with E-state index in [2.05, 4.69) is 33.8 Å². The summed E-state index contributed by atoms with van der Waals surface area (Å²) in [6, 6.07) is 4.36. The fourth-order valence-electron chi connectivity index (χ4n) is 3.79. The summed E-state index contributed by atoms with van der Waals surface area (Å²) in [5.74, 6) is 2.74. The number of thioether (sulfide) groups is 1. The van der Waals surface area contributed by atoms with Gasteiger partial charge in [0.1, 0.15) is 11.3 Å². The number of hydrogen-bond acceptors (Lipinski definition) is 7. The van der Waals surface area contributed by atoms with Gasteiger partial charge in [0, 0.05) is 56.3 Å². The van der Waals surface area contributed by atoms with E-state index < -0.39 is 0 Å². The third kappa shape index (κ3) is 3.30. The van der Waals surface area contributed by atoms with Crippen molar-refractivity contribution in [2.75, 3.05) is 42.2 Å². The Morgan fingerprint density at radius 1 is 1.07 bits per heavy atom. The maximum Gasteiger partial charge on any atom is 0.189 e. The summed E-state index contributed by atoms with van der Waals surface area (Å²) in [7, 11) is 0. The van der Waals surface area contributed by atoms with Crippen LogP contribution in [-0.2, 0) is 6.42 Å². The van der Waals surface area contributed by atoms with E-state index in [1.54, 1.807) is 11.8 Å². The van der Waals surface area contributed by atoms with Gasteiger partial charge in [-0.1, -0.05) is 18.7 Å². The van der Waals surface area contributed by atoms with Gasteiger partial charge < -0.3 is 9.80 Å². The van der Waals surface area contributed by atoms with Gasteiger partial charge in [-0.25, -0.2) is 19.5 Å². The number of piperazine rings is 1. The fourth-order valence-corrected chi connectivity index (χ4v) is 4.18. The van der Waals surface area contributed by atoms with E-state index in [9.17, 15) is 0 Å². The minimum Gasteiger partial charge on any atom is -0.353 e. The van der Waals surface area contributed by atoms with E-state index in [1.807, 2.05) is 23.2 Å². The molecule has 4 heterocycles. The first-order valence-corrected chi connectivity index (χ1v) is 11.2. The Kier molecular flexibility index (Phi) is 4.58. The fraction of sp³-hybridized carbons (Fsp3) is 0.500. The molecule has 0 N–H and O–H groups in total. The van der Waals surface area contributed by atoms with Gasteiger partial charge in [-0.3, -0.25) is 0 Å². The van der Waals surface area contributed by atoms with E-state index in [4.69, 9.17) is 15.1 Å². The number of hydrogen-bond donors (Lipinski definition) is 0. The van der Waals surface area contributed by atoms with Crippen LogP contribution in [0.1, 0.15) is 37.1 Å². The summed E-state index contributed by atoms with van der Waals surface area (Å²) in [5.41, 5.74) is 3.44. The lowest BCUT2D eigenvalue weighted by Gasteiger charge is -2.36. The van der Waals surface area contributed by atoms with Crippen LogP contribution in [0.2, 0.25) is 0 Å². The van der Waals surface area contributed by atoms with E-state index in [1.165, 1.54) is 18.5 Å². The summed E-state index contributed by atoms with van der Waals surface area (Å²) < 4.78 is 1.99. The number of aryl methyl sites for hydroxylation is 1. The molecular weight excluding hydrogens is 370 g/mol. The number of rotatable bonds is 5. The third-order valence-corrected chi connectivity index (χ3v) is 6.12.